The zero-order valence-corrected chi connectivity index (χ0v) is 25.9. The lowest BCUT2D eigenvalue weighted by Crippen LogP contribution is -2.37. The van der Waals surface area contributed by atoms with E-state index in [-0.39, 0.29) is 48.8 Å². The summed E-state index contributed by atoms with van der Waals surface area (Å²) in [6.07, 6.45) is 1.20. The first-order valence-electron chi connectivity index (χ1n) is 14.3. The van der Waals surface area contributed by atoms with Crippen LogP contribution in [0.2, 0.25) is 0 Å². The van der Waals surface area contributed by atoms with Gasteiger partial charge < -0.3 is 29.5 Å². The molecule has 2 aromatic carbocycles. The summed E-state index contributed by atoms with van der Waals surface area (Å²) in [7, 11) is 0. The van der Waals surface area contributed by atoms with E-state index in [4.69, 9.17) is 19.3 Å². The number of hydrogen-bond donors (Lipinski definition) is 3. The van der Waals surface area contributed by atoms with E-state index in [1.165, 1.54) is 0 Å². The topological polar surface area (TPSA) is 105 Å². The van der Waals surface area contributed by atoms with Crippen LogP contribution in [-0.2, 0) is 48.1 Å². The Bertz CT molecular complexity index is 1070. The summed E-state index contributed by atoms with van der Waals surface area (Å²) in [6, 6.07) is 7.63. The summed E-state index contributed by atoms with van der Waals surface area (Å²) >= 11 is 0. The zero-order valence-electron chi connectivity index (χ0n) is 25.9. The van der Waals surface area contributed by atoms with Gasteiger partial charge in [0.05, 0.1) is 33.0 Å². The molecule has 0 radical (unpaired) electrons. The first kappa shape index (κ1) is 33.6. The van der Waals surface area contributed by atoms with Gasteiger partial charge in [0.2, 0.25) is 0 Å². The number of carbonyl (C=O) groups is 1. The first-order valence-corrected chi connectivity index (χ1v) is 14.3. The van der Waals surface area contributed by atoms with Gasteiger partial charge in [-0.25, -0.2) is 0 Å². The maximum Gasteiger partial charge on any atom is 0.320 e. The Balaban J connectivity index is 2.65. The number of aliphatic hydroxyl groups excluding tert-OH is 1. The molecule has 0 atom stereocenters. The van der Waals surface area contributed by atoms with E-state index < -0.39 is 11.4 Å². The molecule has 7 heteroatoms. The number of aryl methyl sites for hydroxylation is 2. The molecule has 7 nitrogen and oxygen atoms in total. The Hall–Kier alpha value is -2.61. The molecule has 0 aromatic heterocycles. The number of carbonyl (C=O) groups excluding carboxylic acids is 1. The molecule has 3 N–H and O–H groups in total. The minimum absolute atomic E-state index is 0.0436. The van der Waals surface area contributed by atoms with Gasteiger partial charge in [0.15, 0.2) is 0 Å². The number of phenolic OH excluding ortho intramolecular Hbond substituents is 2. The summed E-state index contributed by atoms with van der Waals surface area (Å²) < 4.78 is 16.6. The quantitative estimate of drug-likeness (QED) is 0.214. The van der Waals surface area contributed by atoms with Crippen molar-refractivity contribution >= 4 is 5.97 Å². The molecule has 0 aliphatic rings. The van der Waals surface area contributed by atoms with Crippen LogP contribution in [0.3, 0.4) is 0 Å². The number of esters is 1. The van der Waals surface area contributed by atoms with E-state index in [2.05, 4.69) is 0 Å². The molecule has 224 valence electrons. The summed E-state index contributed by atoms with van der Waals surface area (Å²) in [5.41, 5.74) is 2.55. The van der Waals surface area contributed by atoms with Crippen LogP contribution in [0.1, 0.15) is 95.7 Å². The van der Waals surface area contributed by atoms with Crippen molar-refractivity contribution < 1.29 is 34.3 Å². The molecule has 40 heavy (non-hydrogen) atoms. The van der Waals surface area contributed by atoms with Crippen LogP contribution in [-0.4, -0.2) is 60.9 Å². The van der Waals surface area contributed by atoms with E-state index in [1.54, 1.807) is 0 Å². The summed E-state index contributed by atoms with van der Waals surface area (Å²) in [6.45, 7) is 19.2. The second kappa shape index (κ2) is 13.8. The van der Waals surface area contributed by atoms with Crippen molar-refractivity contribution in [1.29, 1.82) is 0 Å². The third-order valence-corrected chi connectivity index (χ3v) is 7.39. The molecule has 0 heterocycles. The molecule has 0 fully saturated rings. The predicted octanol–water partition coefficient (Wildman–Crippen LogP) is 5.69. The third kappa shape index (κ3) is 7.77. The molecule has 0 saturated heterocycles. The van der Waals surface area contributed by atoms with Gasteiger partial charge in [0.1, 0.15) is 23.5 Å². The van der Waals surface area contributed by atoms with Gasteiger partial charge in [0.25, 0.3) is 0 Å². The third-order valence-electron chi connectivity index (χ3n) is 7.39. The van der Waals surface area contributed by atoms with Crippen LogP contribution in [0.25, 0.3) is 0 Å². The van der Waals surface area contributed by atoms with Crippen LogP contribution in [0.4, 0.5) is 0 Å². The minimum Gasteiger partial charge on any atom is -0.507 e. The highest BCUT2D eigenvalue weighted by atomic mass is 16.6. The lowest BCUT2D eigenvalue weighted by molar-refractivity contribution is -0.150. The predicted molar refractivity (Wildman–Crippen MR) is 159 cm³/mol. The number of phenols is 2. The van der Waals surface area contributed by atoms with Gasteiger partial charge in [-0.1, -0.05) is 79.7 Å². The van der Waals surface area contributed by atoms with Gasteiger partial charge in [0, 0.05) is 0 Å². The second-order valence-corrected chi connectivity index (χ2v) is 12.5. The largest absolute Gasteiger partial charge is 0.507 e. The molecule has 0 amide bonds. The second-order valence-electron chi connectivity index (χ2n) is 12.5. The molecular weight excluding hydrogens is 508 g/mol. The van der Waals surface area contributed by atoms with E-state index >= 15 is 0 Å². The van der Waals surface area contributed by atoms with Crippen LogP contribution >= 0.6 is 0 Å². The summed E-state index contributed by atoms with van der Waals surface area (Å²) in [5, 5.41) is 31.0. The zero-order chi connectivity index (χ0) is 30.3. The summed E-state index contributed by atoms with van der Waals surface area (Å²) in [4.78, 5) is 14.1. The number of rotatable bonds is 13. The van der Waals surface area contributed by atoms with Gasteiger partial charge in [-0.2, -0.15) is 0 Å². The minimum atomic E-state index is -1.22. The fourth-order valence-electron chi connectivity index (χ4n) is 4.78. The van der Waals surface area contributed by atoms with Crippen molar-refractivity contribution in [2.24, 2.45) is 0 Å². The average Bonchev–Trinajstić information content (AvgIpc) is 2.88. The fraction of sp³-hybridized carbons (Fsp3) is 0.606. The Morgan fingerprint density at radius 1 is 0.675 bits per heavy atom. The SMILES string of the molecule is CCc1cc(C(C)(C(=O)OCCOCCOCCO)c2cc(CC)c(O)c(C(C)(C)C)c2)cc(C(C)(C)C)c1O. The van der Waals surface area contributed by atoms with Crippen LogP contribution < -0.4 is 0 Å². The van der Waals surface area contributed by atoms with Gasteiger partial charge >= 0.3 is 5.97 Å². The maximum atomic E-state index is 14.1. The normalized spacial score (nSPS) is 12.6. The van der Waals surface area contributed by atoms with Crippen molar-refractivity contribution in [1.82, 2.24) is 0 Å². The Kier molecular flexibility index (Phi) is 11.6. The van der Waals surface area contributed by atoms with E-state index in [1.807, 2.05) is 86.6 Å². The molecule has 0 aliphatic carbocycles. The average molecular weight is 559 g/mol. The van der Waals surface area contributed by atoms with Crippen LogP contribution in [0, 0.1) is 0 Å². The molecule has 0 spiro atoms. The lowest BCUT2D eigenvalue weighted by atomic mass is 9.71. The van der Waals surface area contributed by atoms with Crippen molar-refractivity contribution in [2.45, 2.75) is 91.4 Å². The standard InChI is InChI=1S/C33H50O7/c1-10-22-18-24(20-26(28(22)35)31(3,4)5)33(9,30(37)40-17-16-39-15-14-38-13-12-34)25-19-23(11-2)29(36)27(21-25)32(6,7)8/h18-21,34-36H,10-17H2,1-9H3. The van der Waals surface area contributed by atoms with Crippen molar-refractivity contribution in [2.75, 3.05) is 39.6 Å². The van der Waals surface area contributed by atoms with Gasteiger partial charge in [-0.15, -0.1) is 0 Å². The van der Waals surface area contributed by atoms with E-state index in [0.29, 0.717) is 26.1 Å². The lowest BCUT2D eigenvalue weighted by Gasteiger charge is -2.33. The van der Waals surface area contributed by atoms with Gasteiger partial charge in [-0.3, -0.25) is 4.79 Å². The number of benzene rings is 2. The Labute approximate surface area is 240 Å². The van der Waals surface area contributed by atoms with Crippen LogP contribution in [0.5, 0.6) is 11.5 Å². The van der Waals surface area contributed by atoms with Gasteiger partial charge in [-0.05, 0) is 64.0 Å². The molecule has 0 saturated carbocycles. The highest BCUT2D eigenvalue weighted by molar-refractivity contribution is 5.88. The fourth-order valence-corrected chi connectivity index (χ4v) is 4.78. The highest BCUT2D eigenvalue weighted by Crippen LogP contribution is 2.44. The first-order chi connectivity index (χ1) is 18.6. The molecule has 0 aliphatic heterocycles. The van der Waals surface area contributed by atoms with Crippen LogP contribution in [0.15, 0.2) is 24.3 Å². The Morgan fingerprint density at radius 3 is 1.45 bits per heavy atom. The maximum absolute atomic E-state index is 14.1. The molecular formula is C33H50O7. The highest BCUT2D eigenvalue weighted by Gasteiger charge is 2.42. The van der Waals surface area contributed by atoms with E-state index in [9.17, 15) is 15.0 Å². The molecule has 2 rings (SSSR count). The number of aromatic hydroxyl groups is 2. The summed E-state index contributed by atoms with van der Waals surface area (Å²) in [5.74, 6) is 0.0658. The van der Waals surface area contributed by atoms with Crippen molar-refractivity contribution in [3.63, 3.8) is 0 Å². The molecule has 0 unspecified atom stereocenters. The molecule has 0 bridgehead atoms. The number of hydrogen-bond acceptors (Lipinski definition) is 7. The molecule has 2 aromatic rings. The van der Waals surface area contributed by atoms with Crippen molar-refractivity contribution in [3.05, 3.63) is 57.6 Å². The van der Waals surface area contributed by atoms with E-state index in [0.717, 1.165) is 33.4 Å². The number of ether oxygens (including phenoxy) is 3. The monoisotopic (exact) mass is 558 g/mol. The Morgan fingerprint density at radius 2 is 1.07 bits per heavy atom. The van der Waals surface area contributed by atoms with Crippen molar-refractivity contribution in [3.8, 4) is 11.5 Å². The smallest absolute Gasteiger partial charge is 0.320 e. The number of aliphatic hydroxyl groups is 1.